The fourth-order valence-corrected chi connectivity index (χ4v) is 4.10. The summed E-state index contributed by atoms with van der Waals surface area (Å²) < 4.78 is 0. The Kier molecular flexibility index (Phi) is 7.16. The van der Waals surface area contributed by atoms with Gasteiger partial charge < -0.3 is 5.32 Å². The van der Waals surface area contributed by atoms with Crippen LogP contribution in [0.25, 0.3) is 10.8 Å². The molecule has 0 aliphatic carbocycles. The van der Waals surface area contributed by atoms with E-state index < -0.39 is 0 Å². The van der Waals surface area contributed by atoms with Gasteiger partial charge in [0.1, 0.15) is 0 Å². The van der Waals surface area contributed by atoms with Crippen LogP contribution in [0.4, 0.5) is 5.69 Å². The number of hydrogen-bond acceptors (Lipinski definition) is 2. The van der Waals surface area contributed by atoms with E-state index in [9.17, 15) is 4.79 Å². The molecule has 1 amide bonds. The molecule has 3 heteroatoms. The van der Waals surface area contributed by atoms with E-state index in [1.165, 1.54) is 16.5 Å². The van der Waals surface area contributed by atoms with Crippen molar-refractivity contribution < 1.29 is 4.79 Å². The average Bonchev–Trinajstić information content (AvgIpc) is 2.72. The number of hydrogen-bond donors (Lipinski definition) is 1. The van der Waals surface area contributed by atoms with E-state index in [-0.39, 0.29) is 11.8 Å². The number of aryl methyl sites for hydroxylation is 1. The lowest BCUT2D eigenvalue weighted by molar-refractivity contribution is -0.117. The topological polar surface area (TPSA) is 29.1 Å². The zero-order chi connectivity index (χ0) is 19.9. The number of carbonyl (C=O) groups excluding carboxylic acids is 1. The molecule has 0 spiro atoms. The number of benzene rings is 3. The maximum atomic E-state index is 13.1. The molecule has 1 atom stereocenters. The molecular weight excluding hydrogens is 362 g/mol. The predicted octanol–water partition coefficient (Wildman–Crippen LogP) is 6.79. The summed E-state index contributed by atoms with van der Waals surface area (Å²) in [4.78, 5) is 13.1. The Bertz CT molecular complexity index is 945. The Balaban J connectivity index is 1.87. The van der Waals surface area contributed by atoms with Crippen molar-refractivity contribution >= 4 is 34.1 Å². The van der Waals surface area contributed by atoms with Crippen molar-refractivity contribution in [3.05, 3.63) is 77.4 Å². The normalized spacial score (nSPS) is 12.1. The minimum absolute atomic E-state index is 0.0513. The Morgan fingerprint density at radius 3 is 2.64 bits per heavy atom. The molecule has 0 aliphatic heterocycles. The Hall–Kier alpha value is -2.26. The first-order valence-corrected chi connectivity index (χ1v) is 11.4. The van der Waals surface area contributed by atoms with E-state index in [1.807, 2.05) is 25.1 Å². The van der Waals surface area contributed by atoms with Crippen LogP contribution >= 0.6 is 11.8 Å². The van der Waals surface area contributed by atoms with Gasteiger partial charge in [-0.2, -0.15) is 11.8 Å². The molecule has 0 radical (unpaired) electrons. The number of anilines is 1. The molecule has 0 saturated carbocycles. The first kappa shape index (κ1) is 20.5. The first-order valence-electron chi connectivity index (χ1n) is 10.0. The summed E-state index contributed by atoms with van der Waals surface area (Å²) in [6.07, 6.45) is 5.37. The van der Waals surface area contributed by atoms with Crippen LogP contribution in [0.1, 0.15) is 49.3 Å². The van der Waals surface area contributed by atoms with Crippen molar-refractivity contribution in [2.75, 3.05) is 11.6 Å². The fraction of sp³-hybridized carbons (Fsp3) is 0.320. The van der Waals surface area contributed by atoms with E-state index >= 15 is 0 Å². The maximum Gasteiger partial charge on any atom is 0.231 e. The second-order valence-electron chi connectivity index (χ2n) is 7.31. The lowest BCUT2D eigenvalue weighted by Gasteiger charge is -2.18. The van der Waals surface area contributed by atoms with Gasteiger partial charge in [0.2, 0.25) is 5.91 Å². The van der Waals surface area contributed by atoms with E-state index in [0.717, 1.165) is 41.7 Å². The van der Waals surface area contributed by atoms with Gasteiger partial charge in [0, 0.05) is 11.4 Å². The van der Waals surface area contributed by atoms with Gasteiger partial charge in [-0.05, 0) is 59.6 Å². The third-order valence-electron chi connectivity index (χ3n) is 5.23. The lowest BCUT2D eigenvalue weighted by atomic mass is 9.94. The van der Waals surface area contributed by atoms with Gasteiger partial charge in [-0.1, -0.05) is 67.9 Å². The molecule has 1 unspecified atom stereocenters. The molecule has 0 heterocycles. The van der Waals surface area contributed by atoms with Crippen LogP contribution in [-0.2, 0) is 17.0 Å². The summed E-state index contributed by atoms with van der Waals surface area (Å²) in [6.45, 7) is 4.19. The number of carbonyl (C=O) groups is 1. The minimum atomic E-state index is -0.214. The van der Waals surface area contributed by atoms with Gasteiger partial charge in [-0.25, -0.2) is 0 Å². The summed E-state index contributed by atoms with van der Waals surface area (Å²) in [5.74, 6) is 0.792. The van der Waals surface area contributed by atoms with E-state index in [1.54, 1.807) is 11.8 Å². The summed E-state index contributed by atoms with van der Waals surface area (Å²) in [5.41, 5.74) is 4.52. The van der Waals surface area contributed by atoms with Crippen molar-refractivity contribution in [2.24, 2.45) is 0 Å². The van der Waals surface area contributed by atoms with Gasteiger partial charge >= 0.3 is 0 Å². The molecule has 0 aromatic heterocycles. The zero-order valence-electron chi connectivity index (χ0n) is 17.0. The predicted molar refractivity (Wildman–Crippen MR) is 123 cm³/mol. The van der Waals surface area contributed by atoms with Crippen LogP contribution in [0.2, 0.25) is 0 Å². The van der Waals surface area contributed by atoms with Crippen molar-refractivity contribution in [3.63, 3.8) is 0 Å². The highest BCUT2D eigenvalue weighted by Crippen LogP contribution is 2.28. The SMILES string of the molecule is CCCCc1ccc(CSC)cc1NC(=O)C(C)c1cccc2ccccc12. The van der Waals surface area contributed by atoms with Crippen molar-refractivity contribution in [2.45, 2.75) is 44.8 Å². The quantitative estimate of drug-likeness (QED) is 0.458. The Morgan fingerprint density at radius 1 is 1.07 bits per heavy atom. The average molecular weight is 392 g/mol. The summed E-state index contributed by atoms with van der Waals surface area (Å²) in [7, 11) is 0. The van der Waals surface area contributed by atoms with E-state index in [0.29, 0.717) is 0 Å². The number of rotatable bonds is 8. The summed E-state index contributed by atoms with van der Waals surface area (Å²) in [5, 5.41) is 5.55. The molecule has 28 heavy (non-hydrogen) atoms. The molecular formula is C25H29NOS. The molecule has 3 aromatic carbocycles. The minimum Gasteiger partial charge on any atom is -0.325 e. The molecule has 1 N–H and O–H groups in total. The molecule has 146 valence electrons. The second kappa shape index (κ2) is 9.79. The van der Waals surface area contributed by atoms with Crippen LogP contribution in [0, 0.1) is 0 Å². The van der Waals surface area contributed by atoms with Crippen LogP contribution in [0.5, 0.6) is 0 Å². The second-order valence-corrected chi connectivity index (χ2v) is 8.17. The van der Waals surface area contributed by atoms with Crippen LogP contribution in [0.15, 0.2) is 60.7 Å². The van der Waals surface area contributed by atoms with Gasteiger partial charge in [0.15, 0.2) is 0 Å². The number of thioether (sulfide) groups is 1. The monoisotopic (exact) mass is 391 g/mol. The fourth-order valence-electron chi connectivity index (χ4n) is 3.59. The van der Waals surface area contributed by atoms with Gasteiger partial charge in [0.25, 0.3) is 0 Å². The van der Waals surface area contributed by atoms with Gasteiger partial charge in [-0.15, -0.1) is 0 Å². The highest BCUT2D eigenvalue weighted by atomic mass is 32.2. The molecule has 0 bridgehead atoms. The van der Waals surface area contributed by atoms with Crippen molar-refractivity contribution in [1.82, 2.24) is 0 Å². The Labute approximate surface area is 172 Å². The van der Waals surface area contributed by atoms with Crippen molar-refractivity contribution in [1.29, 1.82) is 0 Å². The van der Waals surface area contributed by atoms with E-state index in [4.69, 9.17) is 0 Å². The third-order valence-corrected chi connectivity index (χ3v) is 5.85. The van der Waals surface area contributed by atoms with E-state index in [2.05, 4.69) is 61.0 Å². The lowest BCUT2D eigenvalue weighted by Crippen LogP contribution is -2.20. The number of unbranched alkanes of at least 4 members (excludes halogenated alkanes) is 1. The Morgan fingerprint density at radius 2 is 1.86 bits per heavy atom. The van der Waals surface area contributed by atoms with Gasteiger partial charge in [-0.3, -0.25) is 4.79 Å². The van der Waals surface area contributed by atoms with Gasteiger partial charge in [0.05, 0.1) is 5.92 Å². The third kappa shape index (κ3) is 4.77. The smallest absolute Gasteiger partial charge is 0.231 e. The van der Waals surface area contributed by atoms with Crippen LogP contribution < -0.4 is 5.32 Å². The molecule has 0 aliphatic rings. The molecule has 3 aromatic rings. The van der Waals surface area contributed by atoms with Crippen LogP contribution in [0.3, 0.4) is 0 Å². The highest BCUT2D eigenvalue weighted by Gasteiger charge is 2.19. The number of fused-ring (bicyclic) bond motifs is 1. The molecule has 0 fully saturated rings. The molecule has 2 nitrogen and oxygen atoms in total. The number of amides is 1. The molecule has 3 rings (SSSR count). The maximum absolute atomic E-state index is 13.1. The highest BCUT2D eigenvalue weighted by molar-refractivity contribution is 7.97. The van der Waals surface area contributed by atoms with Crippen LogP contribution in [-0.4, -0.2) is 12.2 Å². The zero-order valence-corrected chi connectivity index (χ0v) is 17.8. The largest absolute Gasteiger partial charge is 0.325 e. The first-order chi connectivity index (χ1) is 13.6. The summed E-state index contributed by atoms with van der Waals surface area (Å²) >= 11 is 1.80. The van der Waals surface area contributed by atoms with Crippen molar-refractivity contribution in [3.8, 4) is 0 Å². The summed E-state index contributed by atoms with van der Waals surface area (Å²) in [6, 6.07) is 21.0. The number of nitrogens with one attached hydrogen (secondary N) is 1. The standard InChI is InChI=1S/C25H29NOS/c1-4-5-9-21-15-14-19(17-28-3)16-24(21)26-25(27)18(2)22-13-8-11-20-10-6-7-12-23(20)22/h6-8,10-16,18H,4-5,9,17H2,1-3H3,(H,26,27). The molecule has 0 saturated heterocycles.